The summed E-state index contributed by atoms with van der Waals surface area (Å²) in [5, 5.41) is 0. The van der Waals surface area contributed by atoms with Crippen molar-refractivity contribution in [3.8, 4) is 71.0 Å². The van der Waals surface area contributed by atoms with Crippen molar-refractivity contribution >= 4 is 114 Å². The van der Waals surface area contributed by atoms with Crippen LogP contribution in [0.3, 0.4) is 0 Å². The fraction of sp³-hybridized carbons (Fsp3) is 0.446. The van der Waals surface area contributed by atoms with Crippen LogP contribution in [0.1, 0.15) is 178 Å². The molecule has 1 aliphatic carbocycles. The highest BCUT2D eigenvalue weighted by molar-refractivity contribution is 7.26. The molecule has 4 nitrogen and oxygen atoms in total. The molecule has 0 aliphatic heterocycles. The number of rotatable bonds is 28. The molecule has 14 heteroatoms. The van der Waals surface area contributed by atoms with Gasteiger partial charge in [-0.1, -0.05) is 131 Å². The summed E-state index contributed by atoms with van der Waals surface area (Å²) >= 11 is 12.9. The van der Waals surface area contributed by atoms with Crippen LogP contribution in [0.25, 0.3) is 93.1 Å². The van der Waals surface area contributed by atoms with E-state index in [9.17, 15) is 0 Å². The fourth-order valence-electron chi connectivity index (χ4n) is 12.3. The highest BCUT2D eigenvalue weighted by Crippen LogP contribution is 2.64. The molecular formula is C65H72F2N4S8. The molecule has 2 unspecified atom stereocenters. The topological polar surface area (TPSA) is 51.6 Å². The lowest BCUT2D eigenvalue weighted by atomic mass is 9.65. The molecule has 79 heavy (non-hydrogen) atoms. The molecule has 0 bridgehead atoms. The Labute approximate surface area is 499 Å². The number of hydrogen-bond acceptors (Lipinski definition) is 12. The lowest BCUT2D eigenvalue weighted by Crippen LogP contribution is -2.31. The monoisotopic (exact) mass is 1200 g/mol. The Morgan fingerprint density at radius 3 is 1.22 bits per heavy atom. The van der Waals surface area contributed by atoms with E-state index in [4.69, 9.17) is 17.5 Å². The molecule has 8 aromatic heterocycles. The highest BCUT2D eigenvalue weighted by atomic mass is 32.1. The summed E-state index contributed by atoms with van der Waals surface area (Å²) in [5.41, 5.74) is 7.70. The number of halogens is 2. The molecule has 2 atom stereocenters. The van der Waals surface area contributed by atoms with Gasteiger partial charge in [-0.2, -0.15) is 17.5 Å². The lowest BCUT2D eigenvalue weighted by Gasteiger charge is -2.37. The largest absolute Gasteiger partial charge is 0.206 e. The van der Waals surface area contributed by atoms with E-state index in [1.54, 1.807) is 57.5 Å². The smallest absolute Gasteiger partial charge is 0.134 e. The molecule has 10 aromatic rings. The minimum Gasteiger partial charge on any atom is -0.206 e. The molecule has 0 N–H and O–H groups in total. The fourth-order valence-corrected chi connectivity index (χ4v) is 20.5. The summed E-state index contributed by atoms with van der Waals surface area (Å²) in [7, 11) is 0. The molecule has 1 aliphatic rings. The number of fused-ring (bicyclic) bond motifs is 5. The van der Waals surface area contributed by atoms with Gasteiger partial charge in [-0.3, -0.25) is 0 Å². The first-order chi connectivity index (χ1) is 38.7. The SMILES string of the molecule is CCCCCCc1ccc(-c2ccc(-c3cc(F)c(-c4cc5c(s4)-c4sc(-c6c(F)cc(-c7ccc(-c8ccc(CCCCCC)s8)s7)c7nsnc67)cc4C5(CC(CC)CCCC)CC(CC)CCCC)c4nsnc34)s2)s1. The Hall–Kier alpha value is -3.86. The number of aromatic nitrogens is 4. The third-order valence-electron chi connectivity index (χ3n) is 16.6. The molecular weight excluding hydrogens is 1130 g/mol. The molecule has 2 aromatic carbocycles. The number of unbranched alkanes of at least 4 members (excludes halogenated alkanes) is 8. The predicted octanol–water partition coefficient (Wildman–Crippen LogP) is 24.1. The summed E-state index contributed by atoms with van der Waals surface area (Å²) in [6.45, 7) is 13.8. The van der Waals surface area contributed by atoms with E-state index in [2.05, 4.69) is 102 Å². The average molecular weight is 1200 g/mol. The van der Waals surface area contributed by atoms with E-state index in [-0.39, 0.29) is 17.0 Å². The van der Waals surface area contributed by atoms with E-state index in [0.717, 1.165) is 129 Å². The van der Waals surface area contributed by atoms with Crippen molar-refractivity contribution in [1.82, 2.24) is 17.5 Å². The third kappa shape index (κ3) is 11.6. The van der Waals surface area contributed by atoms with Crippen molar-refractivity contribution in [3.63, 3.8) is 0 Å². The van der Waals surface area contributed by atoms with Crippen molar-refractivity contribution < 1.29 is 8.78 Å². The van der Waals surface area contributed by atoms with Crippen LogP contribution in [0, 0.1) is 23.5 Å². The maximum absolute atomic E-state index is 17.5. The Morgan fingerprint density at radius 2 is 0.797 bits per heavy atom. The Bertz CT molecular complexity index is 3410. The number of nitrogens with zero attached hydrogens (tertiary/aromatic N) is 4. The van der Waals surface area contributed by atoms with Crippen molar-refractivity contribution in [1.29, 1.82) is 0 Å². The van der Waals surface area contributed by atoms with Crippen LogP contribution < -0.4 is 0 Å². The highest BCUT2D eigenvalue weighted by Gasteiger charge is 2.48. The molecule has 0 fully saturated rings. The maximum Gasteiger partial charge on any atom is 0.134 e. The summed E-state index contributed by atoms with van der Waals surface area (Å²) in [4.78, 5) is 13.9. The van der Waals surface area contributed by atoms with Gasteiger partial charge in [0.15, 0.2) is 0 Å². The standard InChI is InChI=1S/C65H72F2N4S8/c1-7-13-17-19-23-41-25-27-51(72-41)53-31-29-49(74-53)43-33-47(66)57(61-59(43)68-78-70-61)55-35-45-63(76-55)64-46(65(45,37-39(11-5)21-15-9-3)38-40(12-6)22-16-10-4)36-56(77-64)58-48(67)34-44(60-62(58)71-79-69-60)50-30-32-54(75-50)52-28-26-42(73-52)24-20-18-14-8-2/h25-36,39-40H,7-24,37-38H2,1-6H3. The van der Waals surface area contributed by atoms with Crippen LogP contribution in [-0.4, -0.2) is 17.5 Å². The first-order valence-electron chi connectivity index (χ1n) is 29.3. The number of thiophene rings is 6. The quantitative estimate of drug-likeness (QED) is 0.0459. The van der Waals surface area contributed by atoms with Gasteiger partial charge < -0.3 is 0 Å². The molecule has 414 valence electrons. The normalized spacial score (nSPS) is 13.8. The summed E-state index contributed by atoms with van der Waals surface area (Å²) in [5.74, 6) is 0.450. The first kappa shape index (κ1) is 57.0. The summed E-state index contributed by atoms with van der Waals surface area (Å²) in [6.07, 6.45) is 23.4. The summed E-state index contributed by atoms with van der Waals surface area (Å²) < 4.78 is 54.6. The van der Waals surface area contributed by atoms with Crippen LogP contribution >= 0.6 is 91.5 Å². The minimum absolute atomic E-state index is 0.270. The molecule has 11 rings (SSSR count). The second-order valence-electron chi connectivity index (χ2n) is 22.0. The predicted molar refractivity (Wildman–Crippen MR) is 346 cm³/mol. The van der Waals surface area contributed by atoms with Gasteiger partial charge in [0.1, 0.15) is 33.7 Å². The molecule has 0 amide bonds. The lowest BCUT2D eigenvalue weighted by molar-refractivity contribution is 0.266. The van der Waals surface area contributed by atoms with Crippen molar-refractivity contribution in [2.45, 2.75) is 175 Å². The van der Waals surface area contributed by atoms with Crippen LogP contribution in [-0.2, 0) is 18.3 Å². The van der Waals surface area contributed by atoms with E-state index >= 15 is 8.78 Å². The van der Waals surface area contributed by atoms with Crippen molar-refractivity contribution in [3.05, 3.63) is 105 Å². The van der Waals surface area contributed by atoms with Crippen LogP contribution in [0.15, 0.2) is 72.8 Å². The second-order valence-corrected chi connectivity index (χ2v) is 29.7. The number of aryl methyl sites for hydroxylation is 2. The number of benzene rings is 2. The number of hydrogen-bond donors (Lipinski definition) is 0. The average Bonchev–Trinajstić information content (AvgIpc) is 3.45. The molecule has 8 heterocycles. The summed E-state index contributed by atoms with van der Waals surface area (Å²) in [6, 6.07) is 25.8. The van der Waals surface area contributed by atoms with Gasteiger partial charge in [0.25, 0.3) is 0 Å². The molecule has 0 saturated carbocycles. The van der Waals surface area contributed by atoms with Gasteiger partial charge in [0.05, 0.1) is 34.6 Å². The first-order valence-corrected chi connectivity index (χ1v) is 35.6. The van der Waals surface area contributed by atoms with E-state index < -0.39 is 0 Å². The maximum atomic E-state index is 17.5. The Kier molecular flexibility index (Phi) is 18.6. The van der Waals surface area contributed by atoms with Crippen LogP contribution in [0.2, 0.25) is 0 Å². The Balaban J connectivity index is 0.992. The zero-order valence-electron chi connectivity index (χ0n) is 46.5. The van der Waals surface area contributed by atoms with E-state index in [0.29, 0.717) is 34.0 Å². The zero-order valence-corrected chi connectivity index (χ0v) is 53.1. The molecule has 0 radical (unpaired) electrons. The van der Waals surface area contributed by atoms with E-state index in [1.165, 1.54) is 114 Å². The second kappa shape index (κ2) is 25.7. The zero-order chi connectivity index (χ0) is 54.6. The third-order valence-corrected chi connectivity index (χ3v) is 25.1. The Morgan fingerprint density at radius 1 is 0.405 bits per heavy atom. The van der Waals surface area contributed by atoms with Crippen molar-refractivity contribution in [2.24, 2.45) is 11.8 Å². The van der Waals surface area contributed by atoms with E-state index in [1.807, 2.05) is 22.7 Å². The molecule has 0 spiro atoms. The van der Waals surface area contributed by atoms with Crippen LogP contribution in [0.4, 0.5) is 8.78 Å². The van der Waals surface area contributed by atoms with Crippen LogP contribution in [0.5, 0.6) is 0 Å². The molecule has 0 saturated heterocycles. The van der Waals surface area contributed by atoms with Gasteiger partial charge in [-0.25, -0.2) is 8.78 Å². The van der Waals surface area contributed by atoms with Gasteiger partial charge in [-0.15, -0.1) is 68.0 Å². The van der Waals surface area contributed by atoms with Gasteiger partial charge in [0, 0.05) is 75.1 Å². The van der Waals surface area contributed by atoms with Gasteiger partial charge >= 0.3 is 0 Å². The van der Waals surface area contributed by atoms with Gasteiger partial charge in [0.2, 0.25) is 0 Å². The minimum atomic E-state index is -0.336. The van der Waals surface area contributed by atoms with Gasteiger partial charge in [-0.05, 0) is 134 Å². The van der Waals surface area contributed by atoms with Crippen molar-refractivity contribution in [2.75, 3.05) is 0 Å².